The third kappa shape index (κ3) is 3.74. The standard InChI is InChI=1S/C19H15N5O3S/c25-16(26)10-28-19-22-17(23-24-19)11-3-1-4-12(9-11)18(27)21-15-6-2-5-14-13(15)7-8-20-14/h1-9,20H,10H2,(H,21,27)(H,25,26)(H,22,23,24). The van der Waals surface area contributed by atoms with Crippen molar-refractivity contribution in [2.24, 2.45) is 0 Å². The van der Waals surface area contributed by atoms with E-state index in [1.165, 1.54) is 0 Å². The average molecular weight is 393 g/mol. The van der Waals surface area contributed by atoms with Gasteiger partial charge < -0.3 is 15.4 Å². The monoisotopic (exact) mass is 393 g/mol. The molecule has 0 radical (unpaired) electrons. The number of hydrogen-bond acceptors (Lipinski definition) is 5. The number of nitrogens with zero attached hydrogens (tertiary/aromatic N) is 2. The Balaban J connectivity index is 1.54. The first kappa shape index (κ1) is 17.8. The van der Waals surface area contributed by atoms with Gasteiger partial charge in [-0.1, -0.05) is 30.0 Å². The largest absolute Gasteiger partial charge is 0.481 e. The summed E-state index contributed by atoms with van der Waals surface area (Å²) < 4.78 is 0. The average Bonchev–Trinajstić information content (AvgIpc) is 3.36. The van der Waals surface area contributed by atoms with Crippen LogP contribution in [0.1, 0.15) is 10.4 Å². The predicted octanol–water partition coefficient (Wildman–Crippen LogP) is 3.38. The van der Waals surface area contributed by atoms with Crippen molar-refractivity contribution in [3.8, 4) is 11.4 Å². The molecule has 0 aliphatic rings. The maximum absolute atomic E-state index is 12.7. The number of amides is 1. The van der Waals surface area contributed by atoms with Crippen LogP contribution in [0.2, 0.25) is 0 Å². The van der Waals surface area contributed by atoms with E-state index in [1.807, 2.05) is 30.5 Å². The van der Waals surface area contributed by atoms with Crippen LogP contribution < -0.4 is 5.32 Å². The molecule has 2 heterocycles. The van der Waals surface area contributed by atoms with E-state index >= 15 is 0 Å². The number of fused-ring (bicyclic) bond motifs is 1. The lowest BCUT2D eigenvalue weighted by atomic mass is 10.1. The van der Waals surface area contributed by atoms with E-state index in [9.17, 15) is 9.59 Å². The summed E-state index contributed by atoms with van der Waals surface area (Å²) in [5.74, 6) is -0.831. The van der Waals surface area contributed by atoms with Gasteiger partial charge in [-0.05, 0) is 30.3 Å². The molecule has 4 N–H and O–H groups in total. The summed E-state index contributed by atoms with van der Waals surface area (Å²) in [7, 11) is 0. The van der Waals surface area contributed by atoms with Crippen molar-refractivity contribution in [2.75, 3.05) is 11.1 Å². The normalized spacial score (nSPS) is 10.9. The minimum atomic E-state index is -0.938. The second kappa shape index (κ2) is 7.57. The number of aromatic amines is 2. The summed E-state index contributed by atoms with van der Waals surface area (Å²) in [4.78, 5) is 30.7. The molecule has 8 nitrogen and oxygen atoms in total. The molecule has 9 heteroatoms. The highest BCUT2D eigenvalue weighted by molar-refractivity contribution is 7.99. The van der Waals surface area contributed by atoms with E-state index in [0.717, 1.165) is 28.4 Å². The highest BCUT2D eigenvalue weighted by Crippen LogP contribution is 2.24. The molecule has 0 fully saturated rings. The maximum atomic E-state index is 12.7. The smallest absolute Gasteiger partial charge is 0.313 e. The third-order valence-corrected chi connectivity index (χ3v) is 4.86. The number of carboxylic acid groups (broad SMARTS) is 1. The summed E-state index contributed by atoms with van der Waals surface area (Å²) in [6, 6.07) is 14.5. The number of benzene rings is 2. The number of carboxylic acids is 1. The Morgan fingerprint density at radius 3 is 2.86 bits per heavy atom. The Bertz CT molecular complexity index is 1170. The highest BCUT2D eigenvalue weighted by Gasteiger charge is 2.12. The van der Waals surface area contributed by atoms with E-state index in [1.54, 1.807) is 24.3 Å². The molecule has 1 amide bonds. The molecule has 140 valence electrons. The second-order valence-corrected chi connectivity index (χ2v) is 6.87. The van der Waals surface area contributed by atoms with Crippen LogP contribution in [0, 0.1) is 0 Å². The molecule has 0 bridgehead atoms. The lowest BCUT2D eigenvalue weighted by molar-refractivity contribution is -0.133. The predicted molar refractivity (Wildman–Crippen MR) is 106 cm³/mol. The summed E-state index contributed by atoms with van der Waals surface area (Å²) in [5, 5.41) is 19.7. The van der Waals surface area contributed by atoms with Crippen LogP contribution in [0.4, 0.5) is 5.69 Å². The number of carbonyl (C=O) groups is 2. The lowest BCUT2D eigenvalue weighted by Crippen LogP contribution is -2.12. The van der Waals surface area contributed by atoms with E-state index in [4.69, 9.17) is 5.11 Å². The van der Waals surface area contributed by atoms with Gasteiger partial charge in [0.25, 0.3) is 5.91 Å². The molecule has 0 saturated heterocycles. The zero-order chi connectivity index (χ0) is 19.5. The molecule has 0 aliphatic heterocycles. The van der Waals surface area contributed by atoms with E-state index in [-0.39, 0.29) is 11.7 Å². The van der Waals surface area contributed by atoms with Crippen LogP contribution in [0.25, 0.3) is 22.3 Å². The topological polar surface area (TPSA) is 124 Å². The van der Waals surface area contributed by atoms with Crippen molar-refractivity contribution in [3.05, 3.63) is 60.3 Å². The van der Waals surface area contributed by atoms with Crippen molar-refractivity contribution < 1.29 is 14.7 Å². The van der Waals surface area contributed by atoms with Gasteiger partial charge in [-0.2, -0.15) is 0 Å². The first-order chi connectivity index (χ1) is 13.6. The van der Waals surface area contributed by atoms with E-state index in [0.29, 0.717) is 22.1 Å². The molecular formula is C19H15N5O3S. The van der Waals surface area contributed by atoms with Gasteiger partial charge in [-0.15, -0.1) is 5.10 Å². The number of aliphatic carboxylic acids is 1. The van der Waals surface area contributed by atoms with Gasteiger partial charge in [0.1, 0.15) is 0 Å². The van der Waals surface area contributed by atoms with Gasteiger partial charge in [0.15, 0.2) is 5.82 Å². The molecule has 4 rings (SSSR count). The minimum absolute atomic E-state index is 0.121. The summed E-state index contributed by atoms with van der Waals surface area (Å²) in [6.07, 6.45) is 1.82. The van der Waals surface area contributed by atoms with E-state index < -0.39 is 5.97 Å². The van der Waals surface area contributed by atoms with Gasteiger partial charge in [-0.25, -0.2) is 4.98 Å². The number of carbonyl (C=O) groups excluding carboxylic acids is 1. The third-order valence-electron chi connectivity index (χ3n) is 4.03. The van der Waals surface area contributed by atoms with Gasteiger partial charge in [-0.3, -0.25) is 14.7 Å². The molecule has 0 unspecified atom stereocenters. The fourth-order valence-corrected chi connectivity index (χ4v) is 3.28. The number of anilines is 1. The summed E-state index contributed by atoms with van der Waals surface area (Å²) in [6.45, 7) is 0. The molecule has 2 aromatic heterocycles. The molecule has 0 spiro atoms. The second-order valence-electron chi connectivity index (χ2n) is 5.93. The van der Waals surface area contributed by atoms with Crippen molar-refractivity contribution in [1.82, 2.24) is 20.2 Å². The maximum Gasteiger partial charge on any atom is 0.313 e. The van der Waals surface area contributed by atoms with Crippen molar-refractivity contribution in [2.45, 2.75) is 5.16 Å². The van der Waals surface area contributed by atoms with Crippen LogP contribution in [0.5, 0.6) is 0 Å². The quantitative estimate of drug-likeness (QED) is 0.372. The number of thioether (sulfide) groups is 1. The fourth-order valence-electron chi connectivity index (χ4n) is 2.76. The molecule has 0 aliphatic carbocycles. The number of H-pyrrole nitrogens is 2. The first-order valence-corrected chi connectivity index (χ1v) is 9.33. The van der Waals surface area contributed by atoms with Crippen LogP contribution >= 0.6 is 11.8 Å². The number of aromatic nitrogens is 4. The zero-order valence-corrected chi connectivity index (χ0v) is 15.3. The molecule has 0 atom stereocenters. The first-order valence-electron chi connectivity index (χ1n) is 8.35. The molecule has 4 aromatic rings. The molecule has 0 saturated carbocycles. The van der Waals surface area contributed by atoms with Gasteiger partial charge in [0.2, 0.25) is 5.16 Å². The van der Waals surface area contributed by atoms with Gasteiger partial charge in [0.05, 0.1) is 11.4 Å². The van der Waals surface area contributed by atoms with Crippen molar-refractivity contribution in [1.29, 1.82) is 0 Å². The Labute approximate surface area is 163 Å². The van der Waals surface area contributed by atoms with E-state index in [2.05, 4.69) is 25.5 Å². The van der Waals surface area contributed by atoms with Crippen LogP contribution in [-0.4, -0.2) is 42.9 Å². The molecule has 28 heavy (non-hydrogen) atoms. The number of hydrogen-bond donors (Lipinski definition) is 4. The fraction of sp³-hybridized carbons (Fsp3) is 0.0526. The zero-order valence-electron chi connectivity index (χ0n) is 14.5. The minimum Gasteiger partial charge on any atom is -0.481 e. The lowest BCUT2D eigenvalue weighted by Gasteiger charge is -2.07. The summed E-state index contributed by atoms with van der Waals surface area (Å²) in [5.41, 5.74) is 2.82. The van der Waals surface area contributed by atoms with Crippen LogP contribution in [0.3, 0.4) is 0 Å². The number of rotatable bonds is 6. The molecule has 2 aromatic carbocycles. The van der Waals surface area contributed by atoms with Gasteiger partial charge in [0, 0.05) is 28.2 Å². The Hall–Kier alpha value is -3.59. The number of nitrogens with one attached hydrogen (secondary N) is 3. The Morgan fingerprint density at radius 2 is 2.00 bits per heavy atom. The van der Waals surface area contributed by atoms with Gasteiger partial charge >= 0.3 is 5.97 Å². The molecular weight excluding hydrogens is 378 g/mol. The van der Waals surface area contributed by atoms with Crippen LogP contribution in [0.15, 0.2) is 59.9 Å². The summed E-state index contributed by atoms with van der Waals surface area (Å²) >= 11 is 1.02. The highest BCUT2D eigenvalue weighted by atomic mass is 32.2. The Kier molecular flexibility index (Phi) is 4.81. The SMILES string of the molecule is O=C(O)CSc1n[nH]c(-c2cccc(C(=O)Nc3cccc4[nH]ccc34)c2)n1. The van der Waals surface area contributed by atoms with Crippen molar-refractivity contribution >= 4 is 40.2 Å². The van der Waals surface area contributed by atoms with Crippen molar-refractivity contribution in [3.63, 3.8) is 0 Å². The Morgan fingerprint density at radius 1 is 1.14 bits per heavy atom. The van der Waals surface area contributed by atoms with Crippen LogP contribution in [-0.2, 0) is 4.79 Å².